The maximum atomic E-state index is 13.8. The lowest BCUT2D eigenvalue weighted by Gasteiger charge is -2.33. The monoisotopic (exact) mass is 590 g/mol. The van der Waals surface area contributed by atoms with Gasteiger partial charge in [-0.05, 0) is 42.2 Å². The van der Waals surface area contributed by atoms with Gasteiger partial charge in [0.2, 0.25) is 5.91 Å². The molecule has 0 bridgehead atoms. The van der Waals surface area contributed by atoms with Gasteiger partial charge in [0.25, 0.3) is 5.91 Å². The molecule has 7 nitrogen and oxygen atoms in total. The third-order valence-electron chi connectivity index (χ3n) is 7.56. The molecule has 41 heavy (non-hydrogen) atoms. The Morgan fingerprint density at radius 2 is 1.66 bits per heavy atom. The second-order valence-electron chi connectivity index (χ2n) is 10.2. The van der Waals surface area contributed by atoms with Crippen molar-refractivity contribution in [3.63, 3.8) is 0 Å². The molecule has 5 rings (SSSR count). The highest BCUT2D eigenvalue weighted by atomic mass is 35.5. The molecule has 1 N–H and O–H groups in total. The molecule has 2 aliphatic rings. The zero-order valence-corrected chi connectivity index (χ0v) is 24.4. The van der Waals surface area contributed by atoms with Crippen molar-refractivity contribution >= 4 is 41.0 Å². The minimum Gasteiger partial charge on any atom is -0.338 e. The second-order valence-corrected chi connectivity index (χ2v) is 11.0. The van der Waals surface area contributed by atoms with Gasteiger partial charge in [0.05, 0.1) is 23.9 Å². The van der Waals surface area contributed by atoms with E-state index >= 15 is 0 Å². The standard InChI is InChI=1S/C32H32Cl2N4O3/c1-2-38-27-21-37(31(40)29(27)30(35-32(38)41)25-14-13-24(33)19-26(25)34)18-16-28(39)36(20-23-11-7-4-8-12-23)17-15-22-9-5-3-6-10-22/h3-14,19,30H,2,15-18,20-21H2,1H3,(H,35,41). The Morgan fingerprint density at radius 3 is 2.32 bits per heavy atom. The van der Waals surface area contributed by atoms with Gasteiger partial charge in [-0.15, -0.1) is 0 Å². The molecule has 1 unspecified atom stereocenters. The molecule has 212 valence electrons. The average molecular weight is 592 g/mol. The number of nitrogens with zero attached hydrogens (tertiary/aromatic N) is 3. The predicted octanol–water partition coefficient (Wildman–Crippen LogP) is 5.84. The summed E-state index contributed by atoms with van der Waals surface area (Å²) in [5.41, 5.74) is 3.94. The van der Waals surface area contributed by atoms with Crippen molar-refractivity contribution in [3.05, 3.63) is 117 Å². The van der Waals surface area contributed by atoms with Crippen LogP contribution >= 0.6 is 23.2 Å². The Morgan fingerprint density at radius 1 is 0.976 bits per heavy atom. The number of nitrogens with one attached hydrogen (secondary N) is 1. The maximum absolute atomic E-state index is 13.8. The van der Waals surface area contributed by atoms with Crippen LogP contribution in [0, 0.1) is 0 Å². The number of benzene rings is 3. The Balaban J connectivity index is 1.31. The first-order valence-corrected chi connectivity index (χ1v) is 14.5. The molecule has 4 amide bonds. The third-order valence-corrected chi connectivity index (χ3v) is 8.13. The van der Waals surface area contributed by atoms with Gasteiger partial charge in [-0.1, -0.05) is 89.9 Å². The molecule has 0 saturated heterocycles. The molecular formula is C32H32Cl2N4O3. The van der Waals surface area contributed by atoms with E-state index in [2.05, 4.69) is 17.4 Å². The minimum absolute atomic E-state index is 0.0266. The highest BCUT2D eigenvalue weighted by molar-refractivity contribution is 6.35. The molecular weight excluding hydrogens is 559 g/mol. The maximum Gasteiger partial charge on any atom is 0.322 e. The SMILES string of the molecule is CCN1C(=O)NC(c2ccc(Cl)cc2Cl)C2=C1CN(CCC(=O)N(CCc1ccccc1)Cc1ccccc1)C2=O. The van der Waals surface area contributed by atoms with Crippen LogP contribution in [0.15, 0.2) is 90.1 Å². The highest BCUT2D eigenvalue weighted by Crippen LogP contribution is 2.39. The summed E-state index contributed by atoms with van der Waals surface area (Å²) >= 11 is 12.6. The molecule has 0 aliphatic carbocycles. The normalized spacial score (nSPS) is 16.6. The predicted molar refractivity (Wildman–Crippen MR) is 160 cm³/mol. The second kappa shape index (κ2) is 12.8. The summed E-state index contributed by atoms with van der Waals surface area (Å²) in [6, 6.07) is 24.0. The molecule has 0 radical (unpaired) electrons. The van der Waals surface area contributed by atoms with E-state index in [1.807, 2.05) is 60.4 Å². The third kappa shape index (κ3) is 6.42. The number of carbonyl (C=O) groups excluding carboxylic acids is 3. The van der Waals surface area contributed by atoms with Gasteiger partial charge < -0.3 is 15.1 Å². The van der Waals surface area contributed by atoms with Gasteiger partial charge >= 0.3 is 6.03 Å². The van der Waals surface area contributed by atoms with Crippen LogP contribution in [-0.2, 0) is 22.6 Å². The fourth-order valence-electron chi connectivity index (χ4n) is 5.43. The summed E-state index contributed by atoms with van der Waals surface area (Å²) in [5, 5.41) is 3.78. The number of urea groups is 1. The summed E-state index contributed by atoms with van der Waals surface area (Å²) < 4.78 is 0. The van der Waals surface area contributed by atoms with Crippen molar-refractivity contribution in [3.8, 4) is 0 Å². The van der Waals surface area contributed by atoms with Gasteiger partial charge in [0, 0.05) is 42.6 Å². The average Bonchev–Trinajstić information content (AvgIpc) is 3.30. The lowest BCUT2D eigenvalue weighted by Crippen LogP contribution is -2.47. The summed E-state index contributed by atoms with van der Waals surface area (Å²) in [6.45, 7) is 3.84. The summed E-state index contributed by atoms with van der Waals surface area (Å²) in [5.74, 6) is -0.234. The molecule has 1 atom stereocenters. The fourth-order valence-corrected chi connectivity index (χ4v) is 5.94. The molecule has 9 heteroatoms. The molecule has 0 spiro atoms. The number of hydrogen-bond acceptors (Lipinski definition) is 3. The quantitative estimate of drug-likeness (QED) is 0.322. The molecule has 0 aromatic heterocycles. The van der Waals surface area contributed by atoms with E-state index in [-0.39, 0.29) is 37.4 Å². The number of halogens is 2. The molecule has 2 aliphatic heterocycles. The van der Waals surface area contributed by atoms with Gasteiger partial charge in [-0.2, -0.15) is 0 Å². The number of rotatable bonds is 10. The Hall–Kier alpha value is -3.81. The zero-order valence-electron chi connectivity index (χ0n) is 22.9. The van der Waals surface area contributed by atoms with E-state index in [4.69, 9.17) is 23.2 Å². The van der Waals surface area contributed by atoms with Gasteiger partial charge in [0.15, 0.2) is 0 Å². The first-order valence-electron chi connectivity index (χ1n) is 13.8. The van der Waals surface area contributed by atoms with Gasteiger partial charge in [-0.25, -0.2) is 4.79 Å². The lowest BCUT2D eigenvalue weighted by molar-refractivity contribution is -0.133. The molecule has 0 saturated carbocycles. The van der Waals surface area contributed by atoms with Crippen molar-refractivity contribution in [2.75, 3.05) is 26.2 Å². The van der Waals surface area contributed by atoms with E-state index in [0.717, 1.165) is 17.5 Å². The number of hydrogen-bond donors (Lipinski definition) is 1. The minimum atomic E-state index is -0.696. The van der Waals surface area contributed by atoms with Crippen molar-refractivity contribution in [2.45, 2.75) is 32.4 Å². The molecule has 3 aromatic carbocycles. The summed E-state index contributed by atoms with van der Waals surface area (Å²) in [4.78, 5) is 45.4. The Bertz CT molecular complexity index is 1460. The largest absolute Gasteiger partial charge is 0.338 e. The number of carbonyl (C=O) groups is 3. The smallest absolute Gasteiger partial charge is 0.322 e. The fraction of sp³-hybridized carbons (Fsp3) is 0.281. The lowest BCUT2D eigenvalue weighted by atomic mass is 9.95. The Kier molecular flexibility index (Phi) is 8.96. The van der Waals surface area contributed by atoms with Crippen LogP contribution in [0.5, 0.6) is 0 Å². The van der Waals surface area contributed by atoms with Crippen molar-refractivity contribution < 1.29 is 14.4 Å². The van der Waals surface area contributed by atoms with Crippen LogP contribution < -0.4 is 5.32 Å². The van der Waals surface area contributed by atoms with Crippen LogP contribution in [0.4, 0.5) is 4.79 Å². The number of likely N-dealkylation sites (N-methyl/N-ethyl adjacent to an activating group) is 1. The van der Waals surface area contributed by atoms with Gasteiger partial charge in [0.1, 0.15) is 0 Å². The van der Waals surface area contributed by atoms with Crippen LogP contribution in [0.3, 0.4) is 0 Å². The van der Waals surface area contributed by atoms with Crippen LogP contribution in [0.25, 0.3) is 0 Å². The van der Waals surface area contributed by atoms with Crippen LogP contribution in [0.2, 0.25) is 10.0 Å². The van der Waals surface area contributed by atoms with Crippen molar-refractivity contribution in [1.82, 2.24) is 20.0 Å². The molecule has 0 fully saturated rings. The van der Waals surface area contributed by atoms with Crippen molar-refractivity contribution in [1.29, 1.82) is 0 Å². The zero-order chi connectivity index (χ0) is 28.9. The van der Waals surface area contributed by atoms with E-state index in [1.165, 1.54) is 0 Å². The topological polar surface area (TPSA) is 73.0 Å². The molecule has 2 heterocycles. The van der Waals surface area contributed by atoms with Gasteiger partial charge in [-0.3, -0.25) is 14.5 Å². The van der Waals surface area contributed by atoms with Crippen molar-refractivity contribution in [2.24, 2.45) is 0 Å². The first kappa shape index (κ1) is 28.7. The van der Waals surface area contributed by atoms with Crippen LogP contribution in [0.1, 0.15) is 36.1 Å². The van der Waals surface area contributed by atoms with E-state index < -0.39 is 6.04 Å². The molecule has 3 aromatic rings. The van der Waals surface area contributed by atoms with E-state index in [9.17, 15) is 14.4 Å². The summed E-state index contributed by atoms with van der Waals surface area (Å²) in [7, 11) is 0. The summed E-state index contributed by atoms with van der Waals surface area (Å²) in [6.07, 6.45) is 0.911. The first-order chi connectivity index (χ1) is 19.9. The highest BCUT2D eigenvalue weighted by Gasteiger charge is 2.44. The van der Waals surface area contributed by atoms with E-state index in [1.54, 1.807) is 28.0 Å². The number of amides is 4. The Labute approximate surface area is 250 Å². The van der Waals surface area contributed by atoms with Crippen LogP contribution in [-0.4, -0.2) is 58.7 Å². The van der Waals surface area contributed by atoms with E-state index in [0.29, 0.717) is 46.5 Å².